The highest BCUT2D eigenvalue weighted by Crippen LogP contribution is 2.28. The number of nitrogen functional groups attached to an aromatic ring is 1. The highest BCUT2D eigenvalue weighted by Gasteiger charge is 2.08. The lowest BCUT2D eigenvalue weighted by molar-refractivity contribution is 0.457. The lowest BCUT2D eigenvalue weighted by Gasteiger charge is -2.12. The van der Waals surface area contributed by atoms with Crippen molar-refractivity contribution in [3.63, 3.8) is 0 Å². The van der Waals surface area contributed by atoms with Crippen LogP contribution in [0.25, 0.3) is 0 Å². The van der Waals surface area contributed by atoms with E-state index in [9.17, 15) is 0 Å². The Kier molecular flexibility index (Phi) is 3.66. The van der Waals surface area contributed by atoms with Gasteiger partial charge in [-0.05, 0) is 50.5 Å². The maximum Gasteiger partial charge on any atom is 0.240 e. The van der Waals surface area contributed by atoms with E-state index in [1.165, 1.54) is 5.56 Å². The molecule has 1 heterocycles. The number of nitrogens with zero attached hydrogens (tertiary/aromatic N) is 2. The SMILES string of the molecule is Cc1cc(C)c(C)c(Oc2cc(C)nc(NN)n2)c1. The summed E-state index contributed by atoms with van der Waals surface area (Å²) < 4.78 is 5.85. The Morgan fingerprint density at radius 1 is 1.05 bits per heavy atom. The number of hydrogen-bond donors (Lipinski definition) is 2. The van der Waals surface area contributed by atoms with Crippen molar-refractivity contribution < 1.29 is 4.74 Å². The number of hydrazine groups is 1. The first-order valence-corrected chi connectivity index (χ1v) is 6.07. The van der Waals surface area contributed by atoms with Crippen LogP contribution < -0.4 is 16.0 Å². The van der Waals surface area contributed by atoms with Crippen LogP contribution >= 0.6 is 0 Å². The summed E-state index contributed by atoms with van der Waals surface area (Å²) in [5, 5.41) is 0. The Balaban J connectivity index is 2.38. The minimum absolute atomic E-state index is 0.344. The van der Waals surface area contributed by atoms with E-state index in [1.54, 1.807) is 6.07 Å². The van der Waals surface area contributed by atoms with Crippen LogP contribution in [-0.2, 0) is 0 Å². The van der Waals surface area contributed by atoms with E-state index in [0.29, 0.717) is 11.8 Å². The monoisotopic (exact) mass is 258 g/mol. The number of ether oxygens (including phenoxy) is 1. The predicted molar refractivity (Wildman–Crippen MR) is 75.3 cm³/mol. The molecule has 5 nitrogen and oxygen atoms in total. The average molecular weight is 258 g/mol. The zero-order valence-corrected chi connectivity index (χ0v) is 11.6. The number of nitrogens with two attached hydrogens (primary N) is 1. The molecular weight excluding hydrogens is 240 g/mol. The van der Waals surface area contributed by atoms with Gasteiger partial charge in [0.05, 0.1) is 0 Å². The molecular formula is C14H18N4O. The molecule has 0 bridgehead atoms. The van der Waals surface area contributed by atoms with Crippen molar-refractivity contribution in [2.45, 2.75) is 27.7 Å². The van der Waals surface area contributed by atoms with Gasteiger partial charge < -0.3 is 4.74 Å². The van der Waals surface area contributed by atoms with Crippen LogP contribution in [0.15, 0.2) is 18.2 Å². The fourth-order valence-corrected chi connectivity index (χ4v) is 1.88. The summed E-state index contributed by atoms with van der Waals surface area (Å²) in [5.74, 6) is 6.96. The molecule has 0 saturated heterocycles. The molecule has 0 aliphatic heterocycles. The van der Waals surface area contributed by atoms with Gasteiger partial charge in [0.1, 0.15) is 5.75 Å². The van der Waals surface area contributed by atoms with Gasteiger partial charge in [-0.1, -0.05) is 6.07 Å². The highest BCUT2D eigenvalue weighted by atomic mass is 16.5. The average Bonchev–Trinajstić information content (AvgIpc) is 2.34. The number of aryl methyl sites for hydroxylation is 3. The molecule has 1 aromatic heterocycles. The maximum atomic E-state index is 5.85. The van der Waals surface area contributed by atoms with Crippen LogP contribution in [0.1, 0.15) is 22.4 Å². The molecule has 0 atom stereocenters. The van der Waals surface area contributed by atoms with E-state index in [2.05, 4.69) is 28.4 Å². The van der Waals surface area contributed by atoms with E-state index in [0.717, 1.165) is 22.6 Å². The Bertz CT molecular complexity index is 611. The van der Waals surface area contributed by atoms with Crippen molar-refractivity contribution in [2.24, 2.45) is 5.84 Å². The van der Waals surface area contributed by atoms with Crippen LogP contribution in [-0.4, -0.2) is 9.97 Å². The van der Waals surface area contributed by atoms with Crippen LogP contribution in [0.4, 0.5) is 5.95 Å². The Morgan fingerprint density at radius 2 is 1.79 bits per heavy atom. The number of hydrogen-bond acceptors (Lipinski definition) is 5. The minimum atomic E-state index is 0.344. The van der Waals surface area contributed by atoms with Crippen molar-refractivity contribution in [3.8, 4) is 11.6 Å². The van der Waals surface area contributed by atoms with Crippen LogP contribution in [0.5, 0.6) is 11.6 Å². The molecule has 0 aliphatic carbocycles. The Hall–Kier alpha value is -2.14. The maximum absolute atomic E-state index is 5.85. The number of aromatic nitrogens is 2. The van der Waals surface area contributed by atoms with E-state index in [4.69, 9.17) is 10.6 Å². The topological polar surface area (TPSA) is 73.1 Å². The van der Waals surface area contributed by atoms with E-state index >= 15 is 0 Å². The molecule has 1 aromatic carbocycles. The molecule has 19 heavy (non-hydrogen) atoms. The summed E-state index contributed by atoms with van der Waals surface area (Å²) in [6, 6.07) is 5.90. The summed E-state index contributed by atoms with van der Waals surface area (Å²) in [6.45, 7) is 7.99. The predicted octanol–water partition coefficient (Wildman–Crippen LogP) is 2.79. The first-order chi connectivity index (χ1) is 8.99. The molecule has 2 rings (SSSR count). The van der Waals surface area contributed by atoms with Gasteiger partial charge in [0.15, 0.2) is 0 Å². The smallest absolute Gasteiger partial charge is 0.240 e. The van der Waals surface area contributed by atoms with Gasteiger partial charge in [-0.15, -0.1) is 0 Å². The lowest BCUT2D eigenvalue weighted by atomic mass is 10.1. The Morgan fingerprint density at radius 3 is 2.47 bits per heavy atom. The molecule has 2 aromatic rings. The highest BCUT2D eigenvalue weighted by molar-refractivity contribution is 5.44. The van der Waals surface area contributed by atoms with Gasteiger partial charge in [0.25, 0.3) is 0 Å². The number of nitrogens with one attached hydrogen (secondary N) is 1. The minimum Gasteiger partial charge on any atom is -0.439 e. The van der Waals surface area contributed by atoms with Crippen LogP contribution in [0, 0.1) is 27.7 Å². The molecule has 0 amide bonds. The summed E-state index contributed by atoms with van der Waals surface area (Å²) in [6.07, 6.45) is 0. The number of rotatable bonds is 3. The summed E-state index contributed by atoms with van der Waals surface area (Å²) in [5.41, 5.74) is 6.67. The van der Waals surface area contributed by atoms with Gasteiger partial charge in [-0.25, -0.2) is 10.8 Å². The zero-order chi connectivity index (χ0) is 14.0. The quantitative estimate of drug-likeness (QED) is 0.654. The molecule has 3 N–H and O–H groups in total. The molecule has 0 radical (unpaired) electrons. The number of anilines is 1. The molecule has 100 valence electrons. The molecule has 0 saturated carbocycles. The fraction of sp³-hybridized carbons (Fsp3) is 0.286. The van der Waals surface area contributed by atoms with Crippen molar-refractivity contribution in [1.29, 1.82) is 0 Å². The largest absolute Gasteiger partial charge is 0.439 e. The first kappa shape index (κ1) is 13.3. The molecule has 0 spiro atoms. The second-order valence-corrected chi connectivity index (χ2v) is 4.62. The third kappa shape index (κ3) is 3.00. The second-order valence-electron chi connectivity index (χ2n) is 4.62. The van der Waals surface area contributed by atoms with Gasteiger partial charge >= 0.3 is 0 Å². The van der Waals surface area contributed by atoms with Gasteiger partial charge in [0.2, 0.25) is 11.8 Å². The van der Waals surface area contributed by atoms with Crippen LogP contribution in [0.2, 0.25) is 0 Å². The lowest BCUT2D eigenvalue weighted by Crippen LogP contribution is -2.11. The van der Waals surface area contributed by atoms with Gasteiger partial charge in [-0.3, -0.25) is 5.43 Å². The molecule has 0 aliphatic rings. The molecule has 0 unspecified atom stereocenters. The fourth-order valence-electron chi connectivity index (χ4n) is 1.88. The van der Waals surface area contributed by atoms with Gasteiger partial charge in [-0.2, -0.15) is 4.98 Å². The summed E-state index contributed by atoms with van der Waals surface area (Å²) in [4.78, 5) is 8.30. The van der Waals surface area contributed by atoms with E-state index in [1.807, 2.05) is 26.8 Å². The number of benzene rings is 1. The van der Waals surface area contributed by atoms with Crippen molar-refractivity contribution in [1.82, 2.24) is 9.97 Å². The normalized spacial score (nSPS) is 10.4. The van der Waals surface area contributed by atoms with Crippen molar-refractivity contribution in [3.05, 3.63) is 40.6 Å². The standard InChI is InChI=1S/C14H18N4O/c1-8-5-9(2)11(4)12(6-8)19-13-7-10(3)16-14(17-13)18-15/h5-7H,15H2,1-4H3,(H,16,17,18). The molecule has 5 heteroatoms. The van der Waals surface area contributed by atoms with Gasteiger partial charge in [0, 0.05) is 11.8 Å². The third-order valence-corrected chi connectivity index (χ3v) is 2.94. The first-order valence-electron chi connectivity index (χ1n) is 6.07. The van der Waals surface area contributed by atoms with E-state index < -0.39 is 0 Å². The van der Waals surface area contributed by atoms with Crippen molar-refractivity contribution in [2.75, 3.05) is 5.43 Å². The van der Waals surface area contributed by atoms with E-state index in [-0.39, 0.29) is 0 Å². The third-order valence-electron chi connectivity index (χ3n) is 2.94. The second kappa shape index (κ2) is 5.24. The zero-order valence-electron chi connectivity index (χ0n) is 11.6. The molecule has 0 fully saturated rings. The van der Waals surface area contributed by atoms with Crippen LogP contribution in [0.3, 0.4) is 0 Å². The summed E-state index contributed by atoms with van der Waals surface area (Å²) in [7, 11) is 0. The summed E-state index contributed by atoms with van der Waals surface area (Å²) >= 11 is 0. The Labute approximate surface area is 112 Å². The van der Waals surface area contributed by atoms with Crippen molar-refractivity contribution >= 4 is 5.95 Å².